The Kier molecular flexibility index (Phi) is 5.32. The third kappa shape index (κ3) is 3.85. The maximum Gasteiger partial charge on any atom is 0.312 e. The molecule has 7 nitrogen and oxygen atoms in total. The van der Waals surface area contributed by atoms with Crippen molar-refractivity contribution in [1.29, 1.82) is 0 Å². The van der Waals surface area contributed by atoms with Crippen LogP contribution >= 0.6 is 0 Å². The number of carbonyl (C=O) groups excluding carboxylic acids is 2. The number of nitrogens with one attached hydrogen (secondary N) is 3. The molecule has 130 valence electrons. The fraction of sp³-hybridized carbons (Fsp3) is 0.529. The Labute approximate surface area is 141 Å². The van der Waals surface area contributed by atoms with E-state index in [1.165, 1.54) is 5.56 Å². The van der Waals surface area contributed by atoms with Gasteiger partial charge in [0.2, 0.25) is 5.91 Å². The number of rotatable bonds is 4. The van der Waals surface area contributed by atoms with E-state index in [9.17, 15) is 9.59 Å². The largest absolute Gasteiger partial charge is 0.352 e. The van der Waals surface area contributed by atoms with Crippen molar-refractivity contribution in [2.45, 2.75) is 24.8 Å². The van der Waals surface area contributed by atoms with Gasteiger partial charge >= 0.3 is 6.03 Å². The van der Waals surface area contributed by atoms with Crippen LogP contribution in [0.2, 0.25) is 0 Å². The van der Waals surface area contributed by atoms with Gasteiger partial charge in [0.05, 0.1) is 6.54 Å². The second-order valence-corrected chi connectivity index (χ2v) is 6.50. The number of likely N-dealkylation sites (tertiary alicyclic amines) is 1. The molecule has 1 aromatic rings. The Morgan fingerprint density at radius 1 is 1.21 bits per heavy atom. The van der Waals surface area contributed by atoms with Gasteiger partial charge in [0.1, 0.15) is 0 Å². The average Bonchev–Trinajstić information content (AvgIpc) is 3.10. The summed E-state index contributed by atoms with van der Waals surface area (Å²) in [5.41, 5.74) is 13.1. The van der Waals surface area contributed by atoms with E-state index < -0.39 is 6.03 Å². The lowest BCUT2D eigenvalue weighted by molar-refractivity contribution is -0.131. The number of piperidine rings is 1. The van der Waals surface area contributed by atoms with Gasteiger partial charge in [0, 0.05) is 31.6 Å². The molecule has 2 heterocycles. The van der Waals surface area contributed by atoms with Crippen molar-refractivity contribution in [3.8, 4) is 0 Å². The maximum atomic E-state index is 12.0. The molecule has 2 fully saturated rings. The van der Waals surface area contributed by atoms with Crippen molar-refractivity contribution in [2.24, 2.45) is 11.7 Å². The minimum absolute atomic E-state index is 0.0180. The average molecular weight is 331 g/mol. The van der Waals surface area contributed by atoms with E-state index in [0.29, 0.717) is 17.9 Å². The highest BCUT2D eigenvalue weighted by Crippen LogP contribution is 2.32. The molecule has 3 rings (SSSR count). The second-order valence-electron chi connectivity index (χ2n) is 6.50. The number of hydrogen-bond donors (Lipinski definition) is 4. The molecule has 2 unspecified atom stereocenters. The van der Waals surface area contributed by atoms with Crippen LogP contribution in [0.5, 0.6) is 0 Å². The Balaban J connectivity index is 1.54. The van der Waals surface area contributed by atoms with E-state index in [4.69, 9.17) is 5.73 Å². The standard InChI is InChI=1S/C17H25N5O2/c18-17(24)19-11-15(23)22-8-6-13(7-9-22)16-14(10-20-21-16)12-4-2-1-3-5-12/h1-5,13-14,16,20-21H,6-11H2,(H3,18,19,24). The molecule has 2 atom stereocenters. The van der Waals surface area contributed by atoms with Crippen LogP contribution in [-0.4, -0.2) is 49.1 Å². The van der Waals surface area contributed by atoms with Gasteiger partial charge in [-0.1, -0.05) is 30.3 Å². The number of amides is 3. The fourth-order valence-electron chi connectivity index (χ4n) is 3.77. The lowest BCUT2D eigenvalue weighted by atomic mass is 9.80. The van der Waals surface area contributed by atoms with Crippen LogP contribution in [0.1, 0.15) is 24.3 Å². The Bertz CT molecular complexity index is 572. The zero-order valence-corrected chi connectivity index (χ0v) is 13.7. The molecule has 0 aromatic heterocycles. The summed E-state index contributed by atoms with van der Waals surface area (Å²) in [5.74, 6) is 0.915. The summed E-state index contributed by atoms with van der Waals surface area (Å²) < 4.78 is 0. The number of hydrogen-bond acceptors (Lipinski definition) is 4. The summed E-state index contributed by atoms with van der Waals surface area (Å²) in [7, 11) is 0. The van der Waals surface area contributed by atoms with Crippen molar-refractivity contribution >= 4 is 11.9 Å². The molecule has 2 aliphatic rings. The fourth-order valence-corrected chi connectivity index (χ4v) is 3.77. The molecule has 0 spiro atoms. The van der Waals surface area contributed by atoms with Crippen LogP contribution in [0.25, 0.3) is 0 Å². The number of benzene rings is 1. The summed E-state index contributed by atoms with van der Waals surface area (Å²) in [4.78, 5) is 24.6. The smallest absolute Gasteiger partial charge is 0.312 e. The first-order valence-electron chi connectivity index (χ1n) is 8.49. The van der Waals surface area contributed by atoms with E-state index in [2.05, 4.69) is 40.4 Å². The molecule has 0 aliphatic carbocycles. The Morgan fingerprint density at radius 3 is 2.58 bits per heavy atom. The first kappa shape index (κ1) is 16.7. The predicted octanol–water partition coefficient (Wildman–Crippen LogP) is 0.154. The second kappa shape index (κ2) is 7.63. The van der Waals surface area contributed by atoms with E-state index in [1.54, 1.807) is 0 Å². The van der Waals surface area contributed by atoms with Gasteiger partial charge in [-0.15, -0.1) is 0 Å². The zero-order valence-electron chi connectivity index (χ0n) is 13.7. The van der Waals surface area contributed by atoms with Crippen LogP contribution in [0.3, 0.4) is 0 Å². The molecule has 7 heteroatoms. The molecule has 0 bridgehead atoms. The van der Waals surface area contributed by atoms with Gasteiger partial charge in [-0.3, -0.25) is 15.6 Å². The van der Waals surface area contributed by atoms with Gasteiger partial charge in [-0.2, -0.15) is 0 Å². The number of hydrazine groups is 1. The molecular weight excluding hydrogens is 306 g/mol. The number of urea groups is 1. The van der Waals surface area contributed by atoms with Gasteiger partial charge < -0.3 is 16.0 Å². The van der Waals surface area contributed by atoms with Crippen LogP contribution < -0.4 is 21.9 Å². The summed E-state index contributed by atoms with van der Waals surface area (Å²) >= 11 is 0. The molecule has 3 amide bonds. The van der Waals surface area contributed by atoms with Gasteiger partial charge in [-0.25, -0.2) is 4.79 Å². The summed E-state index contributed by atoms with van der Waals surface area (Å²) in [5, 5.41) is 2.36. The van der Waals surface area contributed by atoms with Crippen molar-refractivity contribution in [3.63, 3.8) is 0 Å². The Hall–Kier alpha value is -2.12. The van der Waals surface area contributed by atoms with Gasteiger partial charge in [0.15, 0.2) is 0 Å². The van der Waals surface area contributed by atoms with E-state index in [0.717, 1.165) is 32.5 Å². The normalized spacial score (nSPS) is 24.8. The monoisotopic (exact) mass is 331 g/mol. The lowest BCUT2D eigenvalue weighted by Gasteiger charge is -2.36. The highest BCUT2D eigenvalue weighted by molar-refractivity contribution is 5.83. The van der Waals surface area contributed by atoms with Crippen molar-refractivity contribution < 1.29 is 9.59 Å². The molecule has 2 saturated heterocycles. The lowest BCUT2D eigenvalue weighted by Crippen LogP contribution is -2.48. The molecule has 1 aromatic carbocycles. The van der Waals surface area contributed by atoms with E-state index >= 15 is 0 Å². The predicted molar refractivity (Wildman–Crippen MR) is 91.0 cm³/mol. The van der Waals surface area contributed by atoms with Crippen LogP contribution in [0, 0.1) is 5.92 Å². The first-order valence-corrected chi connectivity index (χ1v) is 8.49. The van der Waals surface area contributed by atoms with Crippen LogP contribution in [0.4, 0.5) is 4.79 Å². The topological polar surface area (TPSA) is 99.5 Å². The quantitative estimate of drug-likeness (QED) is 0.631. The van der Waals surface area contributed by atoms with Crippen LogP contribution in [0.15, 0.2) is 30.3 Å². The maximum absolute atomic E-state index is 12.0. The summed E-state index contributed by atoms with van der Waals surface area (Å²) in [6.45, 7) is 2.36. The van der Waals surface area contributed by atoms with E-state index in [1.807, 2.05) is 11.0 Å². The number of nitrogens with two attached hydrogens (primary N) is 1. The number of primary amides is 1. The summed E-state index contributed by atoms with van der Waals surface area (Å²) in [6, 6.07) is 10.3. The third-order valence-corrected chi connectivity index (χ3v) is 5.07. The van der Waals surface area contributed by atoms with Gasteiger partial charge in [-0.05, 0) is 24.3 Å². The summed E-state index contributed by atoms with van der Waals surface area (Å²) in [6.07, 6.45) is 1.93. The number of carbonyl (C=O) groups is 2. The SMILES string of the molecule is NC(=O)NCC(=O)N1CCC(C2NNCC2c2ccccc2)CC1. The molecular formula is C17H25N5O2. The highest BCUT2D eigenvalue weighted by Gasteiger charge is 2.36. The number of nitrogens with zero attached hydrogens (tertiary/aromatic N) is 1. The Morgan fingerprint density at radius 2 is 1.92 bits per heavy atom. The third-order valence-electron chi connectivity index (χ3n) is 5.07. The van der Waals surface area contributed by atoms with Crippen molar-refractivity contribution in [1.82, 2.24) is 21.1 Å². The highest BCUT2D eigenvalue weighted by atomic mass is 16.2. The molecule has 2 aliphatic heterocycles. The molecule has 0 radical (unpaired) electrons. The molecule has 5 N–H and O–H groups in total. The minimum atomic E-state index is -0.662. The van der Waals surface area contributed by atoms with Crippen LogP contribution in [-0.2, 0) is 4.79 Å². The first-order chi connectivity index (χ1) is 11.6. The van der Waals surface area contributed by atoms with Gasteiger partial charge in [0.25, 0.3) is 0 Å². The zero-order chi connectivity index (χ0) is 16.9. The van der Waals surface area contributed by atoms with E-state index in [-0.39, 0.29) is 12.5 Å². The van der Waals surface area contributed by atoms with Crippen molar-refractivity contribution in [2.75, 3.05) is 26.2 Å². The molecule has 0 saturated carbocycles. The minimum Gasteiger partial charge on any atom is -0.352 e. The van der Waals surface area contributed by atoms with Crippen molar-refractivity contribution in [3.05, 3.63) is 35.9 Å². The molecule has 24 heavy (non-hydrogen) atoms.